The summed E-state index contributed by atoms with van der Waals surface area (Å²) in [5.74, 6) is 0.854. The molecular weight excluding hydrogens is 186 g/mol. The Morgan fingerprint density at radius 3 is 2.80 bits per heavy atom. The molecule has 0 amide bonds. The van der Waals surface area contributed by atoms with Crippen LogP contribution in [0.2, 0.25) is 0 Å². The van der Waals surface area contributed by atoms with E-state index in [9.17, 15) is 0 Å². The van der Waals surface area contributed by atoms with Crippen molar-refractivity contribution in [1.82, 2.24) is 0 Å². The molecule has 0 spiro atoms. The van der Waals surface area contributed by atoms with E-state index in [4.69, 9.17) is 11.0 Å². The van der Waals surface area contributed by atoms with Crippen LogP contribution in [-0.2, 0) is 0 Å². The van der Waals surface area contributed by atoms with E-state index >= 15 is 0 Å². The summed E-state index contributed by atoms with van der Waals surface area (Å²) in [5.41, 5.74) is 7.98. The van der Waals surface area contributed by atoms with E-state index in [0.717, 1.165) is 18.2 Å². The third-order valence-corrected chi connectivity index (χ3v) is 2.83. The van der Waals surface area contributed by atoms with Crippen LogP contribution < -0.4 is 10.6 Å². The lowest BCUT2D eigenvalue weighted by Crippen LogP contribution is -2.19. The Labute approximate surface area is 90.1 Å². The van der Waals surface area contributed by atoms with Gasteiger partial charge >= 0.3 is 0 Å². The van der Waals surface area contributed by atoms with Crippen LogP contribution in [0.4, 0.5) is 11.4 Å². The molecule has 2 N–H and O–H groups in total. The topological polar surface area (TPSA) is 53.0 Å². The lowest BCUT2D eigenvalue weighted by atomic mass is 10.1. The number of benzene rings is 1. The maximum Gasteiger partial charge on any atom is 0.101 e. The summed E-state index contributed by atoms with van der Waals surface area (Å²) in [7, 11) is 2.07. The lowest BCUT2D eigenvalue weighted by molar-refractivity contribution is 0.787. The Morgan fingerprint density at radius 2 is 2.27 bits per heavy atom. The summed E-state index contributed by atoms with van der Waals surface area (Å²) in [6, 6.07) is 7.69. The van der Waals surface area contributed by atoms with Gasteiger partial charge in [-0.05, 0) is 37.0 Å². The second kappa shape index (κ2) is 3.82. The number of nitrogen functional groups attached to an aromatic ring is 1. The van der Waals surface area contributed by atoms with Crippen LogP contribution in [0.25, 0.3) is 0 Å². The van der Waals surface area contributed by atoms with Crippen molar-refractivity contribution in [1.29, 1.82) is 5.26 Å². The number of nitrogens with two attached hydrogens (primary N) is 1. The molecule has 15 heavy (non-hydrogen) atoms. The summed E-state index contributed by atoms with van der Waals surface area (Å²) in [4.78, 5) is 2.20. The maximum atomic E-state index is 8.76. The standard InChI is InChI=1S/C12H15N3/c1-15(8-9-2-3-9)11-5-4-10(7-13)12(14)6-11/h4-6,9H,2-3,8,14H2,1H3. The second-order valence-corrected chi connectivity index (χ2v) is 4.21. The highest BCUT2D eigenvalue weighted by molar-refractivity contribution is 5.63. The molecule has 0 radical (unpaired) electrons. The van der Waals surface area contributed by atoms with Crippen LogP contribution in [0.3, 0.4) is 0 Å². The van der Waals surface area contributed by atoms with Crippen molar-refractivity contribution in [2.75, 3.05) is 24.2 Å². The quantitative estimate of drug-likeness (QED) is 0.761. The molecule has 3 nitrogen and oxygen atoms in total. The molecule has 0 unspecified atom stereocenters. The molecule has 78 valence electrons. The smallest absolute Gasteiger partial charge is 0.101 e. The summed E-state index contributed by atoms with van der Waals surface area (Å²) in [6.07, 6.45) is 2.69. The molecule has 0 aromatic heterocycles. The van der Waals surface area contributed by atoms with Crippen LogP contribution in [0, 0.1) is 17.2 Å². The van der Waals surface area contributed by atoms with Gasteiger partial charge in [-0.2, -0.15) is 5.26 Å². The largest absolute Gasteiger partial charge is 0.398 e. The Balaban J connectivity index is 2.14. The van der Waals surface area contributed by atoms with E-state index in [1.54, 1.807) is 6.07 Å². The van der Waals surface area contributed by atoms with Crippen molar-refractivity contribution < 1.29 is 0 Å². The number of rotatable bonds is 3. The Kier molecular flexibility index (Phi) is 2.51. The number of anilines is 2. The van der Waals surface area contributed by atoms with Crippen LogP contribution in [0.1, 0.15) is 18.4 Å². The molecule has 1 aromatic carbocycles. The van der Waals surface area contributed by atoms with Crippen LogP contribution in [0.5, 0.6) is 0 Å². The monoisotopic (exact) mass is 201 g/mol. The SMILES string of the molecule is CN(CC1CC1)c1ccc(C#N)c(N)c1. The van der Waals surface area contributed by atoms with Crippen molar-refractivity contribution in [2.24, 2.45) is 5.92 Å². The molecule has 0 saturated heterocycles. The van der Waals surface area contributed by atoms with E-state index in [1.807, 2.05) is 12.1 Å². The van der Waals surface area contributed by atoms with Gasteiger partial charge in [-0.3, -0.25) is 0 Å². The van der Waals surface area contributed by atoms with E-state index in [0.29, 0.717) is 11.3 Å². The first kappa shape index (κ1) is 9.85. The zero-order chi connectivity index (χ0) is 10.8. The first-order valence-electron chi connectivity index (χ1n) is 5.21. The minimum atomic E-state index is 0.554. The zero-order valence-electron chi connectivity index (χ0n) is 8.90. The van der Waals surface area contributed by atoms with Gasteiger partial charge in [-0.1, -0.05) is 0 Å². The van der Waals surface area contributed by atoms with Crippen molar-refractivity contribution in [3.05, 3.63) is 23.8 Å². The first-order chi connectivity index (χ1) is 7.20. The molecule has 3 heteroatoms. The predicted molar refractivity (Wildman–Crippen MR) is 61.6 cm³/mol. The van der Waals surface area contributed by atoms with Gasteiger partial charge in [-0.15, -0.1) is 0 Å². The van der Waals surface area contributed by atoms with E-state index in [-0.39, 0.29) is 0 Å². The minimum Gasteiger partial charge on any atom is -0.398 e. The summed E-state index contributed by atoms with van der Waals surface area (Å²) >= 11 is 0. The highest BCUT2D eigenvalue weighted by atomic mass is 15.1. The fraction of sp³-hybridized carbons (Fsp3) is 0.417. The Morgan fingerprint density at radius 1 is 1.53 bits per heavy atom. The minimum absolute atomic E-state index is 0.554. The third-order valence-electron chi connectivity index (χ3n) is 2.83. The van der Waals surface area contributed by atoms with Gasteiger partial charge in [-0.25, -0.2) is 0 Å². The molecule has 1 fully saturated rings. The van der Waals surface area contributed by atoms with Gasteiger partial charge < -0.3 is 10.6 Å². The van der Waals surface area contributed by atoms with Gasteiger partial charge in [0, 0.05) is 19.3 Å². The fourth-order valence-corrected chi connectivity index (χ4v) is 1.68. The molecule has 0 atom stereocenters. The molecule has 1 aliphatic carbocycles. The average Bonchev–Trinajstić information content (AvgIpc) is 3.01. The van der Waals surface area contributed by atoms with Gasteiger partial charge in [0.15, 0.2) is 0 Å². The molecule has 1 aliphatic rings. The van der Waals surface area contributed by atoms with Crippen molar-refractivity contribution >= 4 is 11.4 Å². The molecule has 2 rings (SSSR count). The summed E-state index contributed by atoms with van der Waals surface area (Å²) in [6.45, 7) is 1.09. The van der Waals surface area contributed by atoms with Crippen molar-refractivity contribution in [3.63, 3.8) is 0 Å². The van der Waals surface area contributed by atoms with Crippen LogP contribution in [0.15, 0.2) is 18.2 Å². The Bertz CT molecular complexity index is 402. The predicted octanol–water partition coefficient (Wildman–Crippen LogP) is 1.99. The van der Waals surface area contributed by atoms with E-state index < -0.39 is 0 Å². The van der Waals surface area contributed by atoms with Crippen molar-refractivity contribution in [3.8, 4) is 6.07 Å². The number of hydrogen-bond acceptors (Lipinski definition) is 3. The maximum absolute atomic E-state index is 8.76. The summed E-state index contributed by atoms with van der Waals surface area (Å²) < 4.78 is 0. The molecular formula is C12H15N3. The highest BCUT2D eigenvalue weighted by Crippen LogP contribution is 2.31. The lowest BCUT2D eigenvalue weighted by Gasteiger charge is -2.19. The Hall–Kier alpha value is -1.69. The molecule has 0 aliphatic heterocycles. The second-order valence-electron chi connectivity index (χ2n) is 4.21. The highest BCUT2D eigenvalue weighted by Gasteiger charge is 2.23. The number of nitriles is 1. The van der Waals surface area contributed by atoms with E-state index in [2.05, 4.69) is 18.0 Å². The summed E-state index contributed by atoms with van der Waals surface area (Å²) in [5, 5.41) is 8.76. The van der Waals surface area contributed by atoms with Gasteiger partial charge in [0.2, 0.25) is 0 Å². The number of hydrogen-bond donors (Lipinski definition) is 1. The van der Waals surface area contributed by atoms with Crippen LogP contribution >= 0.6 is 0 Å². The first-order valence-corrected chi connectivity index (χ1v) is 5.21. The molecule has 0 heterocycles. The fourth-order valence-electron chi connectivity index (χ4n) is 1.68. The van der Waals surface area contributed by atoms with Gasteiger partial charge in [0.1, 0.15) is 6.07 Å². The molecule has 0 bridgehead atoms. The molecule has 1 saturated carbocycles. The van der Waals surface area contributed by atoms with Gasteiger partial charge in [0.25, 0.3) is 0 Å². The number of nitrogens with zero attached hydrogens (tertiary/aromatic N) is 2. The van der Waals surface area contributed by atoms with Crippen molar-refractivity contribution in [2.45, 2.75) is 12.8 Å². The average molecular weight is 201 g/mol. The normalized spacial score (nSPS) is 14.7. The third kappa shape index (κ3) is 2.21. The zero-order valence-corrected chi connectivity index (χ0v) is 8.90. The van der Waals surface area contributed by atoms with Crippen LogP contribution in [-0.4, -0.2) is 13.6 Å². The van der Waals surface area contributed by atoms with Gasteiger partial charge in [0.05, 0.1) is 11.3 Å². The molecule has 1 aromatic rings. The van der Waals surface area contributed by atoms with E-state index in [1.165, 1.54) is 12.8 Å².